The molecule has 0 fully saturated rings. The Balaban J connectivity index is 4.00. The first kappa shape index (κ1) is 51.7. The van der Waals surface area contributed by atoms with Gasteiger partial charge < -0.3 is 20.0 Å². The van der Waals surface area contributed by atoms with Crippen LogP contribution in [0.4, 0.5) is 0 Å². The molecule has 0 radical (unpaired) electrons. The zero-order chi connectivity index (χ0) is 39.6. The summed E-state index contributed by atoms with van der Waals surface area (Å²) in [7, 11) is 4.17. The van der Waals surface area contributed by atoms with Gasteiger partial charge in [-0.1, -0.05) is 126 Å². The van der Waals surface area contributed by atoms with Crippen molar-refractivity contribution in [3.8, 4) is 0 Å². The van der Waals surface area contributed by atoms with Gasteiger partial charge in [0.2, 0.25) is 5.91 Å². The van der Waals surface area contributed by atoms with E-state index < -0.39 is 11.9 Å². The molecule has 0 unspecified atom stereocenters. The van der Waals surface area contributed by atoms with Crippen LogP contribution in [0.5, 0.6) is 0 Å². The number of hydrogen-bond donors (Lipinski definition) is 2. The van der Waals surface area contributed by atoms with Crippen molar-refractivity contribution in [1.29, 1.82) is 0 Å². The summed E-state index contributed by atoms with van der Waals surface area (Å²) < 4.78 is 0. The Labute approximate surface area is 336 Å². The molecular weight excluding hydrogens is 693 g/mol. The van der Waals surface area contributed by atoms with Crippen LogP contribution in [0.2, 0.25) is 0 Å². The van der Waals surface area contributed by atoms with E-state index in [0.29, 0.717) is 24.5 Å². The Morgan fingerprint density at radius 1 is 0.444 bits per heavy atom. The van der Waals surface area contributed by atoms with E-state index in [1.807, 2.05) is 0 Å². The highest BCUT2D eigenvalue weighted by Crippen LogP contribution is 2.13. The molecule has 8 heteroatoms. The monoisotopic (exact) mass is 775 g/mol. The zero-order valence-electron chi connectivity index (χ0n) is 34.9. The van der Waals surface area contributed by atoms with Crippen LogP contribution in [-0.4, -0.2) is 83.1 Å². The highest BCUT2D eigenvalue weighted by molar-refractivity contribution is 7.99. The minimum absolute atomic E-state index is 0.302. The molecule has 0 atom stereocenters. The maximum Gasteiger partial charge on any atom is 0.303 e. The number of aliphatic carboxylic acids is 2. The predicted molar refractivity (Wildman–Crippen MR) is 234 cm³/mol. The van der Waals surface area contributed by atoms with E-state index in [4.69, 9.17) is 10.2 Å². The number of amides is 1. The smallest absolute Gasteiger partial charge is 0.303 e. The molecule has 0 bridgehead atoms. The van der Waals surface area contributed by atoms with E-state index in [0.717, 1.165) is 115 Å². The summed E-state index contributed by atoms with van der Waals surface area (Å²) in [6, 6.07) is 0. The van der Waals surface area contributed by atoms with E-state index in [-0.39, 0.29) is 0 Å². The van der Waals surface area contributed by atoms with Gasteiger partial charge in [0.15, 0.2) is 0 Å². The number of thioether (sulfide) groups is 1. The molecular formula is C46H82N2O5S. The number of unbranched alkanes of at least 4 members (excludes halogenated alkanes) is 20. The molecule has 0 aromatic rings. The van der Waals surface area contributed by atoms with Crippen LogP contribution in [0.15, 0.2) is 48.6 Å². The van der Waals surface area contributed by atoms with E-state index in [2.05, 4.69) is 72.5 Å². The number of nitrogens with zero attached hydrogens (tertiary/aromatic N) is 2. The standard InChI is InChI=1S/C46H82N2O5S/c1-47(2)41-42-54-43-44(49)48(39-35-31-27-23-19-15-11-7-3-5-9-13-17-21-25-29-33-37-45(50)51)40-36-32-28-24-20-16-12-8-4-6-10-14-18-22-26-30-34-38-46(52)53/h5-12H,3-4,13-43H2,1-2H3,(H,50,51)(H,52,53)/b9-5-,10-6-,11-7-,12-8-. The molecule has 0 aliphatic carbocycles. The van der Waals surface area contributed by atoms with Crippen LogP contribution in [0.3, 0.4) is 0 Å². The number of carbonyl (C=O) groups excluding carboxylic acids is 1. The van der Waals surface area contributed by atoms with Gasteiger partial charge in [0.25, 0.3) is 0 Å². The summed E-state index contributed by atoms with van der Waals surface area (Å²) in [5, 5.41) is 17.3. The molecule has 0 saturated heterocycles. The quantitative estimate of drug-likeness (QED) is 0.0471. The zero-order valence-corrected chi connectivity index (χ0v) is 35.7. The van der Waals surface area contributed by atoms with Gasteiger partial charge in [-0.3, -0.25) is 14.4 Å². The lowest BCUT2D eigenvalue weighted by Crippen LogP contribution is -2.34. The van der Waals surface area contributed by atoms with Gasteiger partial charge in [0.05, 0.1) is 5.75 Å². The van der Waals surface area contributed by atoms with Crippen LogP contribution in [0, 0.1) is 0 Å². The molecule has 1 amide bonds. The van der Waals surface area contributed by atoms with Crippen molar-refractivity contribution >= 4 is 29.6 Å². The van der Waals surface area contributed by atoms with E-state index in [9.17, 15) is 14.4 Å². The van der Waals surface area contributed by atoms with Gasteiger partial charge in [-0.15, -0.1) is 0 Å². The lowest BCUT2D eigenvalue weighted by Gasteiger charge is -2.23. The van der Waals surface area contributed by atoms with Crippen molar-refractivity contribution in [2.45, 2.75) is 180 Å². The maximum absolute atomic E-state index is 13.1. The van der Waals surface area contributed by atoms with Gasteiger partial charge in [0.1, 0.15) is 0 Å². The average Bonchev–Trinajstić information content (AvgIpc) is 3.13. The van der Waals surface area contributed by atoms with Crippen molar-refractivity contribution in [2.24, 2.45) is 0 Å². The van der Waals surface area contributed by atoms with E-state index in [1.165, 1.54) is 77.0 Å². The van der Waals surface area contributed by atoms with Gasteiger partial charge in [-0.2, -0.15) is 11.8 Å². The molecule has 0 aliphatic heterocycles. The average molecular weight is 775 g/mol. The second kappa shape index (κ2) is 41.8. The largest absolute Gasteiger partial charge is 0.481 e. The molecule has 0 rings (SSSR count). The number of allylic oxidation sites excluding steroid dienone is 8. The van der Waals surface area contributed by atoms with Crippen LogP contribution < -0.4 is 0 Å². The summed E-state index contributed by atoms with van der Waals surface area (Å²) >= 11 is 1.77. The molecule has 0 saturated carbocycles. The summed E-state index contributed by atoms with van der Waals surface area (Å²) in [5.74, 6) is 0.550. The van der Waals surface area contributed by atoms with Gasteiger partial charge in [0, 0.05) is 38.2 Å². The fourth-order valence-electron chi connectivity index (χ4n) is 6.20. The highest BCUT2D eigenvalue weighted by atomic mass is 32.2. The first-order valence-electron chi connectivity index (χ1n) is 21.9. The third-order valence-corrected chi connectivity index (χ3v) is 10.5. The summed E-state index contributed by atoms with van der Waals surface area (Å²) in [4.78, 5) is 38.5. The minimum atomic E-state index is -0.684. The number of carbonyl (C=O) groups is 3. The fourth-order valence-corrected chi connectivity index (χ4v) is 7.20. The topological polar surface area (TPSA) is 98.2 Å². The highest BCUT2D eigenvalue weighted by Gasteiger charge is 2.13. The van der Waals surface area contributed by atoms with Gasteiger partial charge >= 0.3 is 11.9 Å². The van der Waals surface area contributed by atoms with Gasteiger partial charge in [-0.25, -0.2) is 0 Å². The first-order chi connectivity index (χ1) is 26.3. The molecule has 312 valence electrons. The SMILES string of the molecule is CN(C)CCSCC(=O)N(CCCCCCC/C=C\C/C=C\CCCCCCCC(=O)O)CCCCCCC/C=C\C/C=C\CCCCCCCC(=O)O. The van der Waals surface area contributed by atoms with Crippen molar-refractivity contribution in [3.63, 3.8) is 0 Å². The minimum Gasteiger partial charge on any atom is -0.481 e. The molecule has 54 heavy (non-hydrogen) atoms. The summed E-state index contributed by atoms with van der Waals surface area (Å²) in [5.41, 5.74) is 0. The van der Waals surface area contributed by atoms with Crippen LogP contribution in [0.25, 0.3) is 0 Å². The van der Waals surface area contributed by atoms with Gasteiger partial charge in [-0.05, 0) is 104 Å². The lowest BCUT2D eigenvalue weighted by molar-refractivity contribution is -0.138. The normalized spacial score (nSPS) is 12.1. The Kier molecular flexibility index (Phi) is 40.0. The van der Waals surface area contributed by atoms with Crippen LogP contribution in [0.1, 0.15) is 180 Å². The van der Waals surface area contributed by atoms with Crippen LogP contribution >= 0.6 is 11.8 Å². The number of carboxylic acid groups (broad SMARTS) is 2. The van der Waals surface area contributed by atoms with Crippen molar-refractivity contribution in [2.75, 3.05) is 45.2 Å². The van der Waals surface area contributed by atoms with E-state index in [1.54, 1.807) is 11.8 Å². The molecule has 0 heterocycles. The fraction of sp³-hybridized carbons (Fsp3) is 0.761. The third-order valence-electron chi connectivity index (χ3n) is 9.59. The number of rotatable bonds is 41. The summed E-state index contributed by atoms with van der Waals surface area (Å²) in [6.07, 6.45) is 48.2. The molecule has 0 spiro atoms. The van der Waals surface area contributed by atoms with Crippen molar-refractivity contribution in [3.05, 3.63) is 48.6 Å². The third kappa shape index (κ3) is 42.4. The number of carboxylic acids is 2. The molecule has 7 nitrogen and oxygen atoms in total. The molecule has 0 aromatic carbocycles. The van der Waals surface area contributed by atoms with Crippen molar-refractivity contribution in [1.82, 2.24) is 9.80 Å². The Bertz CT molecular complexity index is 930. The second-order valence-electron chi connectivity index (χ2n) is 15.1. The Morgan fingerprint density at radius 3 is 1.13 bits per heavy atom. The number of hydrogen-bond acceptors (Lipinski definition) is 5. The molecule has 0 aromatic heterocycles. The van der Waals surface area contributed by atoms with Crippen LogP contribution in [-0.2, 0) is 14.4 Å². The molecule has 2 N–H and O–H groups in total. The predicted octanol–water partition coefficient (Wildman–Crippen LogP) is 12.4. The first-order valence-corrected chi connectivity index (χ1v) is 23.0. The summed E-state index contributed by atoms with van der Waals surface area (Å²) in [6.45, 7) is 2.81. The lowest BCUT2D eigenvalue weighted by atomic mass is 10.1. The van der Waals surface area contributed by atoms with E-state index >= 15 is 0 Å². The van der Waals surface area contributed by atoms with Crippen molar-refractivity contribution < 1.29 is 24.6 Å². The second-order valence-corrected chi connectivity index (χ2v) is 16.2. The Hall–Kier alpha value is -2.32. The maximum atomic E-state index is 13.1. The Morgan fingerprint density at radius 2 is 0.778 bits per heavy atom. The molecule has 0 aliphatic rings.